The third-order valence-corrected chi connectivity index (χ3v) is 8.61. The van der Waals surface area contributed by atoms with Gasteiger partial charge in [-0.2, -0.15) is 0 Å². The zero-order valence-corrected chi connectivity index (χ0v) is 23.0. The Labute approximate surface area is 231 Å². The van der Waals surface area contributed by atoms with Crippen LogP contribution in [-0.2, 0) is 20.8 Å². The zero-order valence-electron chi connectivity index (χ0n) is 23.0. The van der Waals surface area contributed by atoms with E-state index in [2.05, 4.69) is 0 Å². The van der Waals surface area contributed by atoms with Crippen LogP contribution in [0.5, 0.6) is 5.75 Å². The van der Waals surface area contributed by atoms with Crippen molar-refractivity contribution < 1.29 is 34.8 Å². The lowest BCUT2D eigenvalue weighted by atomic mass is 9.57. The summed E-state index contributed by atoms with van der Waals surface area (Å²) in [6.07, 6.45) is 0.270. The van der Waals surface area contributed by atoms with Crippen molar-refractivity contribution in [2.24, 2.45) is 17.6 Å². The average Bonchev–Trinajstić information content (AvgIpc) is 2.88. The first-order valence-electron chi connectivity index (χ1n) is 13.0. The molecule has 4 atom stereocenters. The number of carbonyl (C=O) groups is 3. The van der Waals surface area contributed by atoms with E-state index in [1.807, 2.05) is 49.3 Å². The van der Waals surface area contributed by atoms with Gasteiger partial charge in [0.2, 0.25) is 5.78 Å². The number of rotatable bonds is 4. The average molecular weight is 548 g/mol. The molecule has 1 saturated carbocycles. The molecule has 10 nitrogen and oxygen atoms in total. The number of Topliss-reactive ketones (excluding diaryl/α,β-unsaturated/α-hetero) is 2. The molecule has 0 bridgehead atoms. The Kier molecular flexibility index (Phi) is 6.31. The fourth-order valence-corrected chi connectivity index (χ4v) is 6.64. The minimum absolute atomic E-state index is 0.0411. The van der Waals surface area contributed by atoms with Crippen molar-refractivity contribution in [1.29, 1.82) is 0 Å². The molecule has 210 valence electrons. The molecule has 10 heteroatoms. The molecule has 40 heavy (non-hydrogen) atoms. The maximum Gasteiger partial charge on any atom is 0.255 e. The summed E-state index contributed by atoms with van der Waals surface area (Å²) in [5.41, 5.74) is 5.54. The predicted octanol–water partition coefficient (Wildman–Crippen LogP) is 2.01. The van der Waals surface area contributed by atoms with Crippen LogP contribution in [0.15, 0.2) is 47.2 Å². The second kappa shape index (κ2) is 9.21. The molecule has 2 aromatic rings. The van der Waals surface area contributed by atoms with Crippen molar-refractivity contribution in [3.63, 3.8) is 0 Å². The number of anilines is 1. The number of aliphatic hydroxyl groups is 3. The van der Waals surface area contributed by atoms with E-state index < -0.39 is 58.0 Å². The number of phenols is 1. The van der Waals surface area contributed by atoms with E-state index >= 15 is 0 Å². The molecule has 6 N–H and O–H groups in total. The van der Waals surface area contributed by atoms with Crippen molar-refractivity contribution >= 4 is 28.9 Å². The monoisotopic (exact) mass is 547 g/mol. The molecule has 0 aliphatic heterocycles. The largest absolute Gasteiger partial charge is 0.508 e. The van der Waals surface area contributed by atoms with Gasteiger partial charge in [0.05, 0.1) is 11.6 Å². The maximum absolute atomic E-state index is 14.0. The van der Waals surface area contributed by atoms with E-state index in [0.29, 0.717) is 11.1 Å². The van der Waals surface area contributed by atoms with Gasteiger partial charge in [0, 0.05) is 31.3 Å². The Morgan fingerprint density at radius 1 is 1.05 bits per heavy atom. The smallest absolute Gasteiger partial charge is 0.255 e. The highest BCUT2D eigenvalue weighted by molar-refractivity contribution is 6.24. The van der Waals surface area contributed by atoms with Crippen LogP contribution in [0.1, 0.15) is 23.1 Å². The Hall–Kier alpha value is -4.15. The van der Waals surface area contributed by atoms with Gasteiger partial charge in [0.1, 0.15) is 22.8 Å². The number of ketones is 2. The molecule has 0 aromatic heterocycles. The molecule has 0 heterocycles. The number of amides is 1. The molecular weight excluding hydrogens is 514 g/mol. The van der Waals surface area contributed by atoms with E-state index in [1.165, 1.54) is 4.90 Å². The lowest BCUT2D eigenvalue weighted by molar-refractivity contribution is -0.153. The molecule has 1 amide bonds. The molecule has 0 radical (unpaired) electrons. The number of aliphatic hydroxyl groups excluding tert-OH is 2. The van der Waals surface area contributed by atoms with Crippen LogP contribution >= 0.6 is 0 Å². The third kappa shape index (κ3) is 3.66. The minimum Gasteiger partial charge on any atom is -0.508 e. The van der Waals surface area contributed by atoms with Gasteiger partial charge in [-0.25, -0.2) is 0 Å². The first-order valence-corrected chi connectivity index (χ1v) is 13.0. The number of aromatic hydroxyl groups is 1. The van der Waals surface area contributed by atoms with Crippen LogP contribution in [0.4, 0.5) is 5.69 Å². The Morgan fingerprint density at radius 2 is 1.68 bits per heavy atom. The summed E-state index contributed by atoms with van der Waals surface area (Å²) in [4.78, 5) is 42.9. The summed E-state index contributed by atoms with van der Waals surface area (Å²) in [6, 6.07) is 8.51. The van der Waals surface area contributed by atoms with Crippen molar-refractivity contribution in [2.45, 2.75) is 31.4 Å². The molecule has 3 aliphatic rings. The summed E-state index contributed by atoms with van der Waals surface area (Å²) in [5.74, 6) is -6.61. The van der Waals surface area contributed by atoms with Gasteiger partial charge in [-0.3, -0.25) is 19.3 Å². The second-order valence-corrected chi connectivity index (χ2v) is 11.3. The Morgan fingerprint density at radius 3 is 2.23 bits per heavy atom. The lowest BCUT2D eigenvalue weighted by Crippen LogP contribution is -2.65. The number of nitrogens with zero attached hydrogens (tertiary/aromatic N) is 2. The molecule has 4 unspecified atom stereocenters. The van der Waals surface area contributed by atoms with E-state index in [4.69, 9.17) is 5.73 Å². The topological polar surface area (TPSA) is 165 Å². The van der Waals surface area contributed by atoms with E-state index in [1.54, 1.807) is 21.0 Å². The number of hydrogen-bond acceptors (Lipinski definition) is 9. The molecule has 3 aliphatic carbocycles. The van der Waals surface area contributed by atoms with Gasteiger partial charge < -0.3 is 31.1 Å². The molecule has 2 aromatic carbocycles. The van der Waals surface area contributed by atoms with Crippen LogP contribution in [0.25, 0.3) is 16.9 Å². The van der Waals surface area contributed by atoms with Crippen LogP contribution in [0.2, 0.25) is 0 Å². The highest BCUT2D eigenvalue weighted by Gasteiger charge is 2.64. The number of benzene rings is 2. The normalized spacial score (nSPS) is 26.0. The SMILES string of the molecule is Cc1cc(-c2ccc(N(C)C)cc2)c2c(c1O)C(O)=C1C(=O)C3(O)C(O)=C(C(N)=O)C(=O)C(N(C)C)C3CC1C2. The molecule has 1 fully saturated rings. The Balaban J connectivity index is 1.73. The number of fused-ring (bicyclic) bond motifs is 3. The number of primary amides is 1. The first kappa shape index (κ1) is 27.4. The highest BCUT2D eigenvalue weighted by atomic mass is 16.3. The van der Waals surface area contributed by atoms with Crippen molar-refractivity contribution in [3.8, 4) is 16.9 Å². The first-order chi connectivity index (χ1) is 18.7. The number of nitrogens with two attached hydrogens (primary N) is 1. The fourth-order valence-electron chi connectivity index (χ4n) is 6.64. The number of aryl methyl sites for hydroxylation is 1. The number of hydrogen-bond donors (Lipinski definition) is 5. The van der Waals surface area contributed by atoms with Gasteiger partial charge in [-0.15, -0.1) is 0 Å². The zero-order chi connectivity index (χ0) is 29.4. The van der Waals surface area contributed by atoms with Crippen molar-refractivity contribution in [3.05, 3.63) is 63.9 Å². The maximum atomic E-state index is 14.0. The summed E-state index contributed by atoms with van der Waals surface area (Å²) in [6.45, 7) is 1.69. The third-order valence-electron chi connectivity index (χ3n) is 8.61. The summed E-state index contributed by atoms with van der Waals surface area (Å²) in [7, 11) is 7.01. The van der Waals surface area contributed by atoms with Crippen LogP contribution < -0.4 is 10.6 Å². The lowest BCUT2D eigenvalue weighted by Gasteiger charge is -2.50. The van der Waals surface area contributed by atoms with Crippen LogP contribution in [-0.4, -0.2) is 82.6 Å². The summed E-state index contributed by atoms with van der Waals surface area (Å²) in [5, 5.41) is 45.3. The number of phenolic OH excluding ortho intramolecular Hbond substituents is 1. The molecule has 0 saturated heterocycles. The minimum atomic E-state index is -2.66. The van der Waals surface area contributed by atoms with Gasteiger partial charge in [-0.1, -0.05) is 12.1 Å². The van der Waals surface area contributed by atoms with Gasteiger partial charge in [0.15, 0.2) is 11.4 Å². The number of carbonyl (C=O) groups excluding carboxylic acids is 3. The van der Waals surface area contributed by atoms with Crippen molar-refractivity contribution in [1.82, 2.24) is 4.90 Å². The summed E-state index contributed by atoms with van der Waals surface area (Å²) < 4.78 is 0. The van der Waals surface area contributed by atoms with Crippen LogP contribution in [0, 0.1) is 18.8 Å². The van der Waals surface area contributed by atoms with Crippen LogP contribution in [0.3, 0.4) is 0 Å². The van der Waals surface area contributed by atoms with Gasteiger partial charge in [0.25, 0.3) is 5.91 Å². The number of likely N-dealkylation sites (N-methyl/N-ethyl adjacent to an activating group) is 1. The molecular formula is C30H33N3O7. The fraction of sp³-hybridized carbons (Fsp3) is 0.367. The standard InChI is InChI=1S/C30H33N3O7/c1-13-10-17(14-6-8-16(9-7-14)32(2)3)18-11-15-12-19-23(33(4)5)26(36)22(29(31)39)28(38)30(19,40)27(37)20(15)25(35)21(18)24(13)34/h6-10,15,19,23,34-35,38,40H,11-12H2,1-5H3,(H2,31,39). The predicted molar refractivity (Wildman–Crippen MR) is 149 cm³/mol. The van der Waals surface area contributed by atoms with E-state index in [0.717, 1.165) is 16.8 Å². The Bertz CT molecular complexity index is 1540. The van der Waals surface area contributed by atoms with Crippen molar-refractivity contribution in [2.75, 3.05) is 33.1 Å². The molecule has 5 rings (SSSR count). The second-order valence-electron chi connectivity index (χ2n) is 11.3. The quantitative estimate of drug-likeness (QED) is 0.360. The van der Waals surface area contributed by atoms with Gasteiger partial charge >= 0.3 is 0 Å². The van der Waals surface area contributed by atoms with E-state index in [-0.39, 0.29) is 29.7 Å². The molecule has 0 spiro atoms. The van der Waals surface area contributed by atoms with E-state index in [9.17, 15) is 34.8 Å². The highest BCUT2D eigenvalue weighted by Crippen LogP contribution is 2.54. The summed E-state index contributed by atoms with van der Waals surface area (Å²) >= 11 is 0. The van der Waals surface area contributed by atoms with Gasteiger partial charge in [-0.05, 0) is 80.2 Å².